The van der Waals surface area contributed by atoms with E-state index in [1.165, 1.54) is 4.31 Å². The van der Waals surface area contributed by atoms with Crippen LogP contribution < -0.4 is 5.73 Å². The molecular weight excluding hydrogens is 276 g/mol. The lowest BCUT2D eigenvalue weighted by Gasteiger charge is -2.33. The predicted molar refractivity (Wildman–Crippen MR) is 67.6 cm³/mol. The molecular formula is C9H16N4O3S2. The minimum atomic E-state index is -3.63. The van der Waals surface area contributed by atoms with Crippen molar-refractivity contribution in [3.05, 3.63) is 0 Å². The quantitative estimate of drug-likeness (QED) is 0.811. The highest BCUT2D eigenvalue weighted by molar-refractivity contribution is 7.91. The summed E-state index contributed by atoms with van der Waals surface area (Å²) >= 11 is 0.872. The van der Waals surface area contributed by atoms with Crippen LogP contribution in [0, 0.1) is 0 Å². The van der Waals surface area contributed by atoms with Crippen LogP contribution in [0.25, 0.3) is 0 Å². The number of hydrogen-bond acceptors (Lipinski definition) is 7. The first kappa shape index (κ1) is 13.7. The van der Waals surface area contributed by atoms with Crippen LogP contribution in [0.15, 0.2) is 4.34 Å². The van der Waals surface area contributed by atoms with Crippen LogP contribution in [0.3, 0.4) is 0 Å². The molecule has 2 rings (SSSR count). The fraction of sp³-hybridized carbons (Fsp3) is 0.778. The average Bonchev–Trinajstić information content (AvgIpc) is 2.78. The van der Waals surface area contributed by atoms with Gasteiger partial charge in [0.25, 0.3) is 10.0 Å². The second-order valence-corrected chi connectivity index (χ2v) is 7.26. The van der Waals surface area contributed by atoms with Crippen LogP contribution in [-0.2, 0) is 10.0 Å². The van der Waals surface area contributed by atoms with Gasteiger partial charge >= 0.3 is 0 Å². The molecule has 1 unspecified atom stereocenters. The summed E-state index contributed by atoms with van der Waals surface area (Å²) in [5.41, 5.74) is 5.42. The molecule has 1 saturated heterocycles. The van der Waals surface area contributed by atoms with Crippen LogP contribution >= 0.6 is 11.3 Å². The Morgan fingerprint density at radius 1 is 1.44 bits per heavy atom. The lowest BCUT2D eigenvalue weighted by atomic mass is 10.0. The molecule has 0 saturated carbocycles. The minimum Gasteiger partial charge on any atom is -0.396 e. The van der Waals surface area contributed by atoms with E-state index in [-0.39, 0.29) is 22.1 Å². The van der Waals surface area contributed by atoms with Crippen LogP contribution in [0.5, 0.6) is 0 Å². The van der Waals surface area contributed by atoms with Gasteiger partial charge in [0.05, 0.1) is 0 Å². The highest BCUT2D eigenvalue weighted by Gasteiger charge is 2.35. The van der Waals surface area contributed by atoms with Gasteiger partial charge in [0.1, 0.15) is 0 Å². The molecule has 1 atom stereocenters. The smallest absolute Gasteiger partial charge is 0.272 e. The van der Waals surface area contributed by atoms with Gasteiger partial charge in [-0.1, -0.05) is 17.8 Å². The van der Waals surface area contributed by atoms with Gasteiger partial charge in [0.2, 0.25) is 9.47 Å². The summed E-state index contributed by atoms with van der Waals surface area (Å²) in [6, 6.07) is -0.154. The summed E-state index contributed by atoms with van der Waals surface area (Å²) in [4.78, 5) is 0. The molecule has 0 radical (unpaired) electrons. The summed E-state index contributed by atoms with van der Waals surface area (Å²) in [5, 5.41) is 16.3. The van der Waals surface area contributed by atoms with E-state index in [2.05, 4.69) is 10.2 Å². The van der Waals surface area contributed by atoms with E-state index in [9.17, 15) is 8.42 Å². The molecule has 0 amide bonds. The molecule has 1 aliphatic heterocycles. The summed E-state index contributed by atoms with van der Waals surface area (Å²) in [6.45, 7) is 0.446. The molecule has 2 heterocycles. The molecule has 1 aromatic rings. The van der Waals surface area contributed by atoms with E-state index in [4.69, 9.17) is 10.8 Å². The number of rotatable bonds is 4. The monoisotopic (exact) mass is 292 g/mol. The van der Waals surface area contributed by atoms with Gasteiger partial charge in [-0.15, -0.1) is 10.2 Å². The predicted octanol–water partition coefficient (Wildman–Crippen LogP) is 0.0459. The summed E-state index contributed by atoms with van der Waals surface area (Å²) in [6.07, 6.45) is 3.03. The Bertz CT molecular complexity index is 500. The number of aliphatic hydroxyl groups excluding tert-OH is 1. The number of nitrogens with two attached hydrogens (primary N) is 1. The van der Waals surface area contributed by atoms with E-state index in [1.54, 1.807) is 0 Å². The van der Waals surface area contributed by atoms with E-state index in [0.717, 1.165) is 30.6 Å². The lowest BCUT2D eigenvalue weighted by molar-refractivity contribution is 0.192. The highest BCUT2D eigenvalue weighted by Crippen LogP contribution is 2.28. The molecule has 102 valence electrons. The van der Waals surface area contributed by atoms with Crippen molar-refractivity contribution in [2.45, 2.75) is 36.1 Å². The molecule has 1 fully saturated rings. The van der Waals surface area contributed by atoms with Crippen molar-refractivity contribution < 1.29 is 13.5 Å². The molecule has 18 heavy (non-hydrogen) atoms. The van der Waals surface area contributed by atoms with Crippen molar-refractivity contribution >= 4 is 26.5 Å². The number of anilines is 1. The lowest BCUT2D eigenvalue weighted by Crippen LogP contribution is -2.44. The molecule has 0 bridgehead atoms. The van der Waals surface area contributed by atoms with Gasteiger partial charge in [-0.05, 0) is 19.3 Å². The highest BCUT2D eigenvalue weighted by atomic mass is 32.2. The van der Waals surface area contributed by atoms with Crippen molar-refractivity contribution in [2.75, 3.05) is 18.9 Å². The van der Waals surface area contributed by atoms with E-state index in [0.29, 0.717) is 13.0 Å². The SMILES string of the molecule is Nc1nnc(S(=O)(=O)N2CCCCC2CCO)s1. The van der Waals surface area contributed by atoms with Gasteiger partial charge in [-0.3, -0.25) is 0 Å². The van der Waals surface area contributed by atoms with Crippen LogP contribution in [0.2, 0.25) is 0 Å². The number of nitrogen functional groups attached to an aromatic ring is 1. The normalized spacial score (nSPS) is 22.2. The first-order chi connectivity index (χ1) is 8.55. The summed E-state index contributed by atoms with van der Waals surface area (Å²) < 4.78 is 26.1. The molecule has 0 spiro atoms. The summed E-state index contributed by atoms with van der Waals surface area (Å²) in [5.74, 6) is 0. The van der Waals surface area contributed by atoms with Gasteiger partial charge in [0, 0.05) is 19.2 Å². The fourth-order valence-corrected chi connectivity index (χ4v) is 4.78. The van der Waals surface area contributed by atoms with Gasteiger partial charge in [-0.2, -0.15) is 4.31 Å². The van der Waals surface area contributed by atoms with Crippen LogP contribution in [0.1, 0.15) is 25.7 Å². The van der Waals surface area contributed by atoms with Crippen molar-refractivity contribution in [3.8, 4) is 0 Å². The Kier molecular flexibility index (Phi) is 4.15. The number of sulfonamides is 1. The first-order valence-corrected chi connectivity index (χ1v) is 8.03. The third kappa shape index (κ3) is 2.63. The van der Waals surface area contributed by atoms with Gasteiger partial charge in [0.15, 0.2) is 0 Å². The zero-order valence-corrected chi connectivity index (χ0v) is 11.5. The van der Waals surface area contributed by atoms with Crippen molar-refractivity contribution in [3.63, 3.8) is 0 Å². The van der Waals surface area contributed by atoms with Crippen molar-refractivity contribution in [2.24, 2.45) is 0 Å². The van der Waals surface area contributed by atoms with E-state index in [1.807, 2.05) is 0 Å². The second kappa shape index (κ2) is 5.47. The Hall–Kier alpha value is -0.770. The zero-order valence-electron chi connectivity index (χ0n) is 9.82. The van der Waals surface area contributed by atoms with E-state index >= 15 is 0 Å². The zero-order chi connectivity index (χ0) is 13.2. The molecule has 7 nitrogen and oxygen atoms in total. The first-order valence-electron chi connectivity index (χ1n) is 5.77. The Labute approximate surface area is 110 Å². The van der Waals surface area contributed by atoms with Gasteiger partial charge in [-0.25, -0.2) is 8.42 Å². The third-order valence-corrected chi connectivity index (χ3v) is 6.04. The Balaban J connectivity index is 2.27. The van der Waals surface area contributed by atoms with Crippen LogP contribution in [-0.4, -0.2) is 47.2 Å². The fourth-order valence-electron chi connectivity index (χ4n) is 2.15. The molecule has 0 aliphatic carbocycles. The Morgan fingerprint density at radius 3 is 2.83 bits per heavy atom. The number of nitrogens with zero attached hydrogens (tertiary/aromatic N) is 3. The van der Waals surface area contributed by atoms with Crippen molar-refractivity contribution in [1.29, 1.82) is 0 Å². The molecule has 0 aromatic carbocycles. The van der Waals surface area contributed by atoms with Gasteiger partial charge < -0.3 is 10.8 Å². The standard InChI is InChI=1S/C9H16N4O3S2/c10-8-11-12-9(17-8)18(15,16)13-5-2-1-3-7(13)4-6-14/h7,14H,1-6H2,(H2,10,11). The minimum absolute atomic E-state index is 0.0189. The maximum atomic E-state index is 12.4. The largest absolute Gasteiger partial charge is 0.396 e. The third-order valence-electron chi connectivity index (χ3n) is 2.99. The molecule has 3 N–H and O–H groups in total. The molecule has 1 aromatic heterocycles. The second-order valence-electron chi connectivity index (χ2n) is 4.18. The number of hydrogen-bond donors (Lipinski definition) is 2. The maximum Gasteiger partial charge on any atom is 0.272 e. The number of aromatic nitrogens is 2. The summed E-state index contributed by atoms with van der Waals surface area (Å²) in [7, 11) is -3.63. The maximum absolute atomic E-state index is 12.4. The molecule has 9 heteroatoms. The number of piperidine rings is 1. The van der Waals surface area contributed by atoms with E-state index < -0.39 is 10.0 Å². The Morgan fingerprint density at radius 2 is 2.22 bits per heavy atom. The topological polar surface area (TPSA) is 109 Å². The number of aliphatic hydroxyl groups is 1. The molecule has 1 aliphatic rings. The van der Waals surface area contributed by atoms with Crippen molar-refractivity contribution in [1.82, 2.24) is 14.5 Å². The van der Waals surface area contributed by atoms with Crippen LogP contribution in [0.4, 0.5) is 5.13 Å². The average molecular weight is 292 g/mol.